The number of cyclic esters (lactones) is 2. The maximum atomic E-state index is 10.8. The van der Waals surface area contributed by atoms with E-state index in [4.69, 9.17) is 5.11 Å². The molecule has 0 amide bonds. The van der Waals surface area contributed by atoms with Crippen LogP contribution in [0.25, 0.3) is 0 Å². The minimum Gasteiger partial charge on any atom is -0.463 e. The molecule has 2 saturated heterocycles. The first kappa shape index (κ1) is 14.6. The molecular weight excluding hydrogens is 240 g/mol. The van der Waals surface area contributed by atoms with E-state index in [2.05, 4.69) is 9.47 Å². The predicted molar refractivity (Wildman–Crippen MR) is 62.6 cm³/mol. The third-order valence-corrected chi connectivity index (χ3v) is 2.91. The third kappa shape index (κ3) is 2.87. The number of Topliss-reactive ketones (excluding diaryl/α,β-unsaturated/α-hetero) is 1. The van der Waals surface area contributed by atoms with Crippen LogP contribution in [0.5, 0.6) is 0 Å². The molecule has 1 atom stereocenters. The minimum atomic E-state index is -0.933. The standard InChI is InChI=1S/C6H10O3.C6H8O3.H2/c2*1-6(2)3-9-5(8)4(6)7;/h4,7H,3H2,1-2H3;3H2,1-2H3;1H. The van der Waals surface area contributed by atoms with E-state index in [1.807, 2.05) is 0 Å². The minimum absolute atomic E-state index is 0. The van der Waals surface area contributed by atoms with Gasteiger partial charge in [0.25, 0.3) is 0 Å². The Kier molecular flexibility index (Phi) is 3.81. The Hall–Kier alpha value is -1.43. The zero-order valence-electron chi connectivity index (χ0n) is 11.0. The second-order valence-electron chi connectivity index (χ2n) is 5.79. The fourth-order valence-corrected chi connectivity index (χ4v) is 1.39. The highest BCUT2D eigenvalue weighted by atomic mass is 16.6. The quantitative estimate of drug-likeness (QED) is 0.498. The molecule has 0 aromatic carbocycles. The lowest BCUT2D eigenvalue weighted by molar-refractivity contribution is -0.147. The topological polar surface area (TPSA) is 89.9 Å². The zero-order valence-corrected chi connectivity index (χ0v) is 11.0. The summed E-state index contributed by atoms with van der Waals surface area (Å²) in [5, 5.41) is 9.05. The summed E-state index contributed by atoms with van der Waals surface area (Å²) < 4.78 is 9.08. The van der Waals surface area contributed by atoms with Crippen molar-refractivity contribution in [3.63, 3.8) is 0 Å². The number of aliphatic hydroxyl groups excluding tert-OH is 1. The monoisotopic (exact) mass is 260 g/mol. The highest BCUT2D eigenvalue weighted by Crippen LogP contribution is 2.27. The van der Waals surface area contributed by atoms with E-state index in [1.54, 1.807) is 27.7 Å². The predicted octanol–water partition coefficient (Wildman–Crippen LogP) is 0.315. The van der Waals surface area contributed by atoms with Crippen LogP contribution in [0, 0.1) is 10.8 Å². The number of ether oxygens (including phenoxy) is 2. The molecule has 0 spiro atoms. The Morgan fingerprint density at radius 3 is 1.78 bits per heavy atom. The van der Waals surface area contributed by atoms with E-state index in [9.17, 15) is 14.4 Å². The number of carbonyl (C=O) groups is 3. The van der Waals surface area contributed by atoms with Crippen LogP contribution in [-0.4, -0.2) is 42.1 Å². The molecule has 0 aromatic rings. The summed E-state index contributed by atoms with van der Waals surface area (Å²) in [4.78, 5) is 31.7. The summed E-state index contributed by atoms with van der Waals surface area (Å²) in [5.74, 6) is -1.61. The lowest BCUT2D eigenvalue weighted by atomic mass is 9.90. The van der Waals surface area contributed by atoms with Crippen molar-refractivity contribution >= 4 is 17.7 Å². The van der Waals surface area contributed by atoms with Gasteiger partial charge in [0.05, 0.1) is 12.0 Å². The van der Waals surface area contributed by atoms with Crippen LogP contribution in [0.4, 0.5) is 0 Å². The lowest BCUT2D eigenvalue weighted by Crippen LogP contribution is -2.29. The number of ketones is 1. The molecule has 2 fully saturated rings. The van der Waals surface area contributed by atoms with Gasteiger partial charge >= 0.3 is 11.9 Å². The number of carbonyl (C=O) groups excluding carboxylic acids is 3. The van der Waals surface area contributed by atoms with E-state index >= 15 is 0 Å². The van der Waals surface area contributed by atoms with Gasteiger partial charge in [-0.05, 0) is 13.8 Å². The largest absolute Gasteiger partial charge is 0.463 e. The summed E-state index contributed by atoms with van der Waals surface area (Å²) in [6.45, 7) is 7.53. The van der Waals surface area contributed by atoms with Crippen LogP contribution in [0.3, 0.4) is 0 Å². The molecule has 0 radical (unpaired) electrons. The van der Waals surface area contributed by atoms with Crippen molar-refractivity contribution in [3.05, 3.63) is 0 Å². The molecule has 0 aliphatic carbocycles. The Balaban J connectivity index is 0.000000324. The van der Waals surface area contributed by atoms with E-state index in [1.165, 1.54) is 0 Å². The Labute approximate surface area is 107 Å². The van der Waals surface area contributed by atoms with Crippen molar-refractivity contribution in [2.75, 3.05) is 13.2 Å². The number of hydrogen-bond acceptors (Lipinski definition) is 6. The molecule has 2 aliphatic heterocycles. The average Bonchev–Trinajstić information content (AvgIpc) is 2.65. The molecule has 6 nitrogen and oxygen atoms in total. The summed E-state index contributed by atoms with van der Waals surface area (Å²) >= 11 is 0. The molecule has 2 rings (SSSR count). The molecule has 2 aliphatic rings. The highest BCUT2D eigenvalue weighted by Gasteiger charge is 2.42. The summed E-state index contributed by atoms with van der Waals surface area (Å²) in [7, 11) is 0. The van der Waals surface area contributed by atoms with Gasteiger partial charge in [0.15, 0.2) is 6.10 Å². The van der Waals surface area contributed by atoms with Crippen molar-refractivity contribution in [3.8, 4) is 0 Å². The highest BCUT2D eigenvalue weighted by molar-refractivity contribution is 6.37. The van der Waals surface area contributed by atoms with Crippen molar-refractivity contribution < 1.29 is 30.4 Å². The van der Waals surface area contributed by atoms with E-state index in [0.29, 0.717) is 6.61 Å². The van der Waals surface area contributed by atoms with Gasteiger partial charge in [-0.25, -0.2) is 9.59 Å². The first-order valence-corrected chi connectivity index (χ1v) is 5.64. The maximum Gasteiger partial charge on any atom is 0.375 e. The summed E-state index contributed by atoms with van der Waals surface area (Å²) in [6, 6.07) is 0. The molecule has 2 heterocycles. The van der Waals surface area contributed by atoms with Gasteiger partial charge in [-0.3, -0.25) is 4.79 Å². The van der Waals surface area contributed by atoms with Crippen molar-refractivity contribution in [1.82, 2.24) is 0 Å². The number of aliphatic hydroxyl groups is 1. The Morgan fingerprint density at radius 1 is 1.11 bits per heavy atom. The van der Waals surface area contributed by atoms with Crippen molar-refractivity contribution in [2.45, 2.75) is 33.8 Å². The Morgan fingerprint density at radius 2 is 1.67 bits per heavy atom. The van der Waals surface area contributed by atoms with Gasteiger partial charge < -0.3 is 14.6 Å². The molecule has 1 unspecified atom stereocenters. The van der Waals surface area contributed by atoms with Crippen molar-refractivity contribution in [1.29, 1.82) is 0 Å². The van der Waals surface area contributed by atoms with Crippen LogP contribution >= 0.6 is 0 Å². The molecule has 1 N–H and O–H groups in total. The first-order valence-electron chi connectivity index (χ1n) is 5.64. The van der Waals surface area contributed by atoms with Crippen LogP contribution in [0.15, 0.2) is 0 Å². The van der Waals surface area contributed by atoms with E-state index in [0.717, 1.165) is 0 Å². The number of hydrogen-bond donors (Lipinski definition) is 1. The van der Waals surface area contributed by atoms with Crippen LogP contribution in [-0.2, 0) is 23.9 Å². The fraction of sp³-hybridized carbons (Fsp3) is 0.750. The average molecular weight is 260 g/mol. The first-order chi connectivity index (χ1) is 8.08. The van der Waals surface area contributed by atoms with Gasteiger partial charge in [0.2, 0.25) is 5.78 Å². The van der Waals surface area contributed by atoms with Crippen LogP contribution in [0.1, 0.15) is 29.1 Å². The SMILES string of the molecule is CC1(C)COC(=O)C1=O.CC1(C)COC(=O)C1O.[HH]. The van der Waals surface area contributed by atoms with E-state index in [-0.39, 0.29) is 8.03 Å². The second-order valence-corrected chi connectivity index (χ2v) is 5.79. The van der Waals surface area contributed by atoms with Crippen molar-refractivity contribution in [2.24, 2.45) is 10.8 Å². The molecule has 0 saturated carbocycles. The lowest BCUT2D eigenvalue weighted by Gasteiger charge is -2.15. The van der Waals surface area contributed by atoms with Gasteiger partial charge in [-0.15, -0.1) is 0 Å². The van der Waals surface area contributed by atoms with Crippen LogP contribution < -0.4 is 0 Å². The smallest absolute Gasteiger partial charge is 0.375 e. The second kappa shape index (κ2) is 4.68. The van der Waals surface area contributed by atoms with E-state index < -0.39 is 34.7 Å². The molecule has 0 aromatic heterocycles. The van der Waals surface area contributed by atoms with Gasteiger partial charge in [0.1, 0.15) is 6.61 Å². The number of rotatable bonds is 0. The zero-order chi connectivity index (χ0) is 14.1. The third-order valence-electron chi connectivity index (χ3n) is 2.91. The normalized spacial score (nSPS) is 28.3. The Bertz CT molecular complexity index is 388. The molecule has 6 heteroatoms. The van der Waals surface area contributed by atoms with Gasteiger partial charge in [-0.2, -0.15) is 0 Å². The number of esters is 2. The molecule has 104 valence electrons. The van der Waals surface area contributed by atoms with Gasteiger partial charge in [-0.1, -0.05) is 13.8 Å². The molecule has 0 bridgehead atoms. The van der Waals surface area contributed by atoms with Crippen LogP contribution in [0.2, 0.25) is 0 Å². The molecule has 18 heavy (non-hydrogen) atoms. The maximum absolute atomic E-state index is 10.8. The fourth-order valence-electron chi connectivity index (χ4n) is 1.39. The summed E-state index contributed by atoms with van der Waals surface area (Å²) in [6.07, 6.45) is -0.933. The molecular formula is C12H20O6. The summed E-state index contributed by atoms with van der Waals surface area (Å²) in [5.41, 5.74) is -0.978. The van der Waals surface area contributed by atoms with Gasteiger partial charge in [0, 0.05) is 6.84 Å².